The fraction of sp³-hybridized carbons (Fsp3) is 0. The maximum Gasteiger partial charge on any atom is 0.434 e. The molecule has 0 atom stereocenters. The standard InChI is InChI=1S/C42H24BNO3/c1-4-16-33-27(10-1)28-11-2-5-17-34(28)44(33)35-18-9-15-32-42(35)46-39-21-8-14-29-31-24-25(22-23-37(31)47-43(32)41(29)39)26-13-7-20-38-40(26)30-12-3-6-19-36(30)45-38/h1-24H. The van der Waals surface area contributed by atoms with Gasteiger partial charge in [-0.15, -0.1) is 0 Å². The minimum Gasteiger partial charge on any atom is -0.551 e. The maximum absolute atomic E-state index is 6.94. The monoisotopic (exact) mass is 601 g/mol. The summed E-state index contributed by atoms with van der Waals surface area (Å²) in [6, 6.07) is 51.0. The molecule has 5 heteroatoms. The molecule has 7 aromatic carbocycles. The smallest absolute Gasteiger partial charge is 0.434 e. The number of para-hydroxylation sites is 4. The number of benzene rings is 7. The van der Waals surface area contributed by atoms with Gasteiger partial charge in [0.2, 0.25) is 0 Å². The van der Waals surface area contributed by atoms with E-state index in [0.717, 1.165) is 89.1 Å². The van der Waals surface area contributed by atoms with Crippen LogP contribution in [0, 0.1) is 0 Å². The van der Waals surface area contributed by atoms with Gasteiger partial charge in [-0.05, 0) is 65.2 Å². The molecule has 2 aliphatic heterocycles. The van der Waals surface area contributed by atoms with Crippen LogP contribution in [0.4, 0.5) is 0 Å². The normalized spacial score (nSPS) is 13.0. The Hall–Kier alpha value is -6.20. The van der Waals surface area contributed by atoms with E-state index in [9.17, 15) is 0 Å². The predicted molar refractivity (Wildman–Crippen MR) is 191 cm³/mol. The first kappa shape index (κ1) is 25.0. The molecule has 11 rings (SSSR count). The zero-order valence-electron chi connectivity index (χ0n) is 25.1. The molecule has 4 nitrogen and oxygen atoms in total. The summed E-state index contributed by atoms with van der Waals surface area (Å²) in [5.41, 5.74) is 11.6. The van der Waals surface area contributed by atoms with Crippen LogP contribution in [0.15, 0.2) is 150 Å². The molecule has 0 aliphatic carbocycles. The summed E-state index contributed by atoms with van der Waals surface area (Å²) in [6.07, 6.45) is 0. The Bertz CT molecular complexity index is 2720. The van der Waals surface area contributed by atoms with Crippen LogP contribution in [0.25, 0.3) is 71.7 Å². The van der Waals surface area contributed by atoms with Crippen LogP contribution in [0.2, 0.25) is 0 Å². The van der Waals surface area contributed by atoms with E-state index in [1.807, 2.05) is 18.2 Å². The largest absolute Gasteiger partial charge is 0.551 e. The Morgan fingerprint density at radius 2 is 1.21 bits per heavy atom. The molecule has 47 heavy (non-hydrogen) atoms. The number of furan rings is 1. The Kier molecular flexibility index (Phi) is 4.89. The van der Waals surface area contributed by atoms with Crippen LogP contribution >= 0.6 is 0 Å². The molecule has 0 amide bonds. The SMILES string of the molecule is c1cc2c3c(c1)-c1cc(-c4cccc5oc6ccccc6c45)ccc1OB3c1cccc(-n3c4ccccc4c4ccccc43)c1O2. The highest BCUT2D eigenvalue weighted by atomic mass is 16.5. The minimum atomic E-state index is -0.294. The van der Waals surface area contributed by atoms with Crippen molar-refractivity contribution >= 4 is 61.6 Å². The number of hydrogen-bond acceptors (Lipinski definition) is 3. The molecule has 2 aliphatic rings. The van der Waals surface area contributed by atoms with E-state index in [1.54, 1.807) is 0 Å². The van der Waals surface area contributed by atoms with Crippen LogP contribution in [0.1, 0.15) is 0 Å². The summed E-state index contributed by atoms with van der Waals surface area (Å²) in [5, 5.41) is 4.68. The van der Waals surface area contributed by atoms with Gasteiger partial charge < -0.3 is 18.4 Å². The van der Waals surface area contributed by atoms with E-state index in [1.165, 1.54) is 10.8 Å². The van der Waals surface area contributed by atoms with Gasteiger partial charge in [0.25, 0.3) is 0 Å². The van der Waals surface area contributed by atoms with Gasteiger partial charge in [-0.25, -0.2) is 0 Å². The second-order valence-electron chi connectivity index (χ2n) is 12.4. The molecule has 9 aromatic rings. The predicted octanol–water partition coefficient (Wildman–Crippen LogP) is 9.62. The lowest BCUT2D eigenvalue weighted by Crippen LogP contribution is -2.53. The quantitative estimate of drug-likeness (QED) is 0.185. The van der Waals surface area contributed by atoms with Gasteiger partial charge in [0, 0.05) is 38.0 Å². The molecular formula is C42H24BNO3. The van der Waals surface area contributed by atoms with E-state index < -0.39 is 0 Å². The first-order valence-electron chi connectivity index (χ1n) is 16.0. The fourth-order valence-corrected chi connectivity index (χ4v) is 7.90. The van der Waals surface area contributed by atoms with Crippen molar-refractivity contribution < 1.29 is 13.8 Å². The lowest BCUT2D eigenvalue weighted by Gasteiger charge is -2.33. The number of hydrogen-bond donors (Lipinski definition) is 0. The van der Waals surface area contributed by atoms with Gasteiger partial charge in [0.05, 0.1) is 16.7 Å². The molecule has 0 saturated heterocycles. The number of rotatable bonds is 2. The summed E-state index contributed by atoms with van der Waals surface area (Å²) in [7, 11) is 0. The average molecular weight is 601 g/mol. The minimum absolute atomic E-state index is 0.294. The molecule has 0 radical (unpaired) electrons. The molecule has 2 aromatic heterocycles. The summed E-state index contributed by atoms with van der Waals surface area (Å²) in [5.74, 6) is 2.52. The third-order valence-electron chi connectivity index (χ3n) is 9.90. The molecule has 0 saturated carbocycles. The number of nitrogens with zero attached hydrogens (tertiary/aromatic N) is 1. The zero-order chi connectivity index (χ0) is 30.6. The van der Waals surface area contributed by atoms with Gasteiger partial charge in [-0.1, -0.05) is 97.1 Å². The van der Waals surface area contributed by atoms with E-state index in [-0.39, 0.29) is 6.92 Å². The molecule has 218 valence electrons. The third-order valence-corrected chi connectivity index (χ3v) is 9.90. The molecule has 0 unspecified atom stereocenters. The number of ether oxygens (including phenoxy) is 1. The highest BCUT2D eigenvalue weighted by Gasteiger charge is 2.41. The maximum atomic E-state index is 6.94. The third kappa shape index (κ3) is 3.38. The van der Waals surface area contributed by atoms with Crippen LogP contribution in [-0.2, 0) is 0 Å². The highest BCUT2D eigenvalue weighted by Crippen LogP contribution is 2.44. The van der Waals surface area contributed by atoms with Crippen molar-refractivity contribution in [2.75, 3.05) is 0 Å². The Morgan fingerprint density at radius 3 is 2.06 bits per heavy atom. The van der Waals surface area contributed by atoms with E-state index in [2.05, 4.69) is 132 Å². The van der Waals surface area contributed by atoms with Crippen molar-refractivity contribution in [1.82, 2.24) is 4.57 Å². The summed E-state index contributed by atoms with van der Waals surface area (Å²) in [6.45, 7) is -0.294. The first-order chi connectivity index (χ1) is 23.3. The van der Waals surface area contributed by atoms with Gasteiger partial charge in [0.15, 0.2) is 0 Å². The molecule has 4 heterocycles. The fourth-order valence-electron chi connectivity index (χ4n) is 7.90. The van der Waals surface area contributed by atoms with Crippen LogP contribution in [0.3, 0.4) is 0 Å². The lowest BCUT2D eigenvalue weighted by molar-refractivity contribution is 0.477. The summed E-state index contributed by atoms with van der Waals surface area (Å²) >= 11 is 0. The van der Waals surface area contributed by atoms with Crippen molar-refractivity contribution in [3.63, 3.8) is 0 Å². The van der Waals surface area contributed by atoms with Gasteiger partial charge in [-0.3, -0.25) is 0 Å². The molecule has 0 N–H and O–H groups in total. The Labute approximate surface area is 270 Å². The topological polar surface area (TPSA) is 36.5 Å². The van der Waals surface area contributed by atoms with E-state index >= 15 is 0 Å². The Balaban J connectivity index is 1.09. The Morgan fingerprint density at radius 1 is 0.511 bits per heavy atom. The van der Waals surface area contributed by atoms with Gasteiger partial charge in [0.1, 0.15) is 28.4 Å². The average Bonchev–Trinajstić information content (AvgIpc) is 3.67. The molecule has 0 spiro atoms. The lowest BCUT2D eigenvalue weighted by atomic mass is 9.50. The van der Waals surface area contributed by atoms with Crippen molar-refractivity contribution in [1.29, 1.82) is 0 Å². The molecule has 0 bridgehead atoms. The first-order valence-corrected chi connectivity index (χ1v) is 16.0. The van der Waals surface area contributed by atoms with Crippen LogP contribution < -0.4 is 20.3 Å². The van der Waals surface area contributed by atoms with E-state index in [4.69, 9.17) is 13.8 Å². The second-order valence-corrected chi connectivity index (χ2v) is 12.4. The van der Waals surface area contributed by atoms with Crippen LogP contribution in [-0.4, -0.2) is 11.5 Å². The van der Waals surface area contributed by atoms with Crippen molar-refractivity contribution in [3.05, 3.63) is 146 Å². The van der Waals surface area contributed by atoms with Crippen molar-refractivity contribution in [2.45, 2.75) is 0 Å². The summed E-state index contributed by atoms with van der Waals surface area (Å²) < 4.78 is 22.4. The summed E-state index contributed by atoms with van der Waals surface area (Å²) in [4.78, 5) is 0. The zero-order valence-corrected chi connectivity index (χ0v) is 25.1. The van der Waals surface area contributed by atoms with E-state index in [0.29, 0.717) is 0 Å². The number of aromatic nitrogens is 1. The van der Waals surface area contributed by atoms with Gasteiger partial charge in [-0.2, -0.15) is 0 Å². The molecule has 0 fully saturated rings. The van der Waals surface area contributed by atoms with Crippen molar-refractivity contribution in [2.24, 2.45) is 0 Å². The highest BCUT2D eigenvalue weighted by molar-refractivity contribution is 6.84. The van der Waals surface area contributed by atoms with Gasteiger partial charge >= 0.3 is 6.92 Å². The van der Waals surface area contributed by atoms with Crippen LogP contribution in [0.5, 0.6) is 17.2 Å². The number of fused-ring (bicyclic) bond motifs is 10. The molecular weight excluding hydrogens is 577 g/mol. The van der Waals surface area contributed by atoms with Crippen molar-refractivity contribution in [3.8, 4) is 45.2 Å². The second kappa shape index (κ2) is 9.18.